The van der Waals surface area contributed by atoms with E-state index in [1.807, 2.05) is 31.5 Å². The van der Waals surface area contributed by atoms with Crippen molar-refractivity contribution in [1.29, 1.82) is 0 Å². The molecule has 0 bridgehead atoms. The summed E-state index contributed by atoms with van der Waals surface area (Å²) in [6.07, 6.45) is 0. The molecule has 0 aliphatic carbocycles. The van der Waals surface area contributed by atoms with Gasteiger partial charge in [0.1, 0.15) is 5.75 Å². The zero-order valence-corrected chi connectivity index (χ0v) is 15.4. The van der Waals surface area contributed by atoms with Gasteiger partial charge < -0.3 is 10.4 Å². The monoisotopic (exact) mass is 379 g/mol. The molecule has 1 aromatic heterocycles. The molecule has 0 saturated carbocycles. The fraction of sp³-hybridized carbons (Fsp3) is 0.412. The van der Waals surface area contributed by atoms with Gasteiger partial charge in [-0.05, 0) is 66.4 Å². The molecule has 0 aliphatic heterocycles. The van der Waals surface area contributed by atoms with Gasteiger partial charge in [0.25, 0.3) is 5.91 Å². The molecule has 0 spiro atoms. The predicted octanol–water partition coefficient (Wildman–Crippen LogP) is 3.34. The van der Waals surface area contributed by atoms with Gasteiger partial charge in [-0.15, -0.1) is 0 Å². The fourth-order valence-corrected chi connectivity index (χ4v) is 3.06. The van der Waals surface area contributed by atoms with Gasteiger partial charge in [-0.1, -0.05) is 6.92 Å². The van der Waals surface area contributed by atoms with Crippen molar-refractivity contribution in [2.24, 2.45) is 5.92 Å². The first-order valence-corrected chi connectivity index (χ1v) is 8.35. The number of amides is 1. The summed E-state index contributed by atoms with van der Waals surface area (Å²) >= 11 is 3.26. The summed E-state index contributed by atoms with van der Waals surface area (Å²) in [5.41, 5.74) is 3.31. The molecule has 1 atom stereocenters. The Morgan fingerprint density at radius 2 is 2.04 bits per heavy atom. The van der Waals surface area contributed by atoms with E-state index in [1.165, 1.54) is 0 Å². The Bertz CT molecular complexity index is 725. The highest BCUT2D eigenvalue weighted by atomic mass is 79.9. The minimum atomic E-state index is -0.271. The van der Waals surface area contributed by atoms with Crippen molar-refractivity contribution in [1.82, 2.24) is 15.1 Å². The number of carbonyl (C=O) groups is 1. The Morgan fingerprint density at radius 1 is 1.35 bits per heavy atom. The highest BCUT2D eigenvalue weighted by Crippen LogP contribution is 2.29. The highest BCUT2D eigenvalue weighted by molar-refractivity contribution is 9.10. The van der Waals surface area contributed by atoms with Crippen molar-refractivity contribution < 1.29 is 9.90 Å². The first-order valence-electron chi connectivity index (χ1n) is 7.56. The maximum atomic E-state index is 12.3. The van der Waals surface area contributed by atoms with Crippen LogP contribution in [-0.4, -0.2) is 27.3 Å². The van der Waals surface area contributed by atoms with E-state index in [9.17, 15) is 9.90 Å². The second kappa shape index (κ2) is 7.17. The van der Waals surface area contributed by atoms with Crippen LogP contribution < -0.4 is 5.32 Å². The van der Waals surface area contributed by atoms with Gasteiger partial charge in [0.05, 0.1) is 15.7 Å². The molecule has 5 nitrogen and oxygen atoms in total. The van der Waals surface area contributed by atoms with Crippen molar-refractivity contribution in [3.8, 4) is 5.75 Å². The lowest BCUT2D eigenvalue weighted by Crippen LogP contribution is -2.30. The molecule has 23 heavy (non-hydrogen) atoms. The van der Waals surface area contributed by atoms with E-state index >= 15 is 0 Å². The molecule has 1 amide bonds. The minimum Gasteiger partial charge on any atom is -0.506 e. The van der Waals surface area contributed by atoms with Gasteiger partial charge in [0.15, 0.2) is 0 Å². The zero-order chi connectivity index (χ0) is 17.1. The third-order valence-electron chi connectivity index (χ3n) is 3.65. The number of aromatic nitrogens is 2. The smallest absolute Gasteiger partial charge is 0.255 e. The molecule has 6 heteroatoms. The maximum Gasteiger partial charge on any atom is 0.255 e. The van der Waals surface area contributed by atoms with E-state index in [-0.39, 0.29) is 23.1 Å². The number of carbonyl (C=O) groups excluding carboxylic acids is 1. The topological polar surface area (TPSA) is 67.2 Å². The van der Waals surface area contributed by atoms with E-state index in [0.717, 1.165) is 23.5 Å². The van der Waals surface area contributed by atoms with Crippen LogP contribution >= 0.6 is 15.9 Å². The summed E-state index contributed by atoms with van der Waals surface area (Å²) in [6, 6.07) is 5.49. The number of phenolic OH excluding ortho intramolecular Hbond substituents is 1. The lowest BCUT2D eigenvalue weighted by Gasteiger charge is -2.15. The number of halogens is 1. The highest BCUT2D eigenvalue weighted by Gasteiger charge is 2.15. The summed E-state index contributed by atoms with van der Waals surface area (Å²) in [5, 5.41) is 17.3. The van der Waals surface area contributed by atoms with Crippen LogP contribution in [0, 0.1) is 26.7 Å². The number of aromatic hydroxyl groups is 1. The van der Waals surface area contributed by atoms with Crippen molar-refractivity contribution in [3.63, 3.8) is 0 Å². The molecule has 0 saturated heterocycles. The fourth-order valence-electron chi connectivity index (χ4n) is 2.49. The molecule has 0 aliphatic rings. The van der Waals surface area contributed by atoms with E-state index in [4.69, 9.17) is 0 Å². The number of aryl methyl sites for hydroxylation is 3. The summed E-state index contributed by atoms with van der Waals surface area (Å²) in [6.45, 7) is 9.18. The summed E-state index contributed by atoms with van der Waals surface area (Å²) in [7, 11) is 0. The second-order valence-corrected chi connectivity index (χ2v) is 6.92. The summed E-state index contributed by atoms with van der Waals surface area (Å²) < 4.78 is 2.48. The lowest BCUT2D eigenvalue weighted by atomic mass is 10.1. The molecule has 0 unspecified atom stereocenters. The molecular formula is C17H22BrN3O2. The zero-order valence-electron chi connectivity index (χ0n) is 13.9. The van der Waals surface area contributed by atoms with E-state index in [0.29, 0.717) is 11.0 Å². The molecule has 2 aromatic rings. The maximum absolute atomic E-state index is 12.3. The van der Waals surface area contributed by atoms with Crippen LogP contribution in [0.3, 0.4) is 0 Å². The normalized spacial score (nSPS) is 12.2. The molecule has 124 valence electrons. The van der Waals surface area contributed by atoms with Gasteiger partial charge in [-0.25, -0.2) is 0 Å². The Morgan fingerprint density at radius 3 is 2.65 bits per heavy atom. The van der Waals surface area contributed by atoms with Crippen LogP contribution in [0.15, 0.2) is 22.7 Å². The quantitative estimate of drug-likeness (QED) is 0.836. The van der Waals surface area contributed by atoms with E-state index < -0.39 is 0 Å². The number of hydrogen-bond donors (Lipinski definition) is 2. The van der Waals surface area contributed by atoms with Crippen LogP contribution in [0.25, 0.3) is 0 Å². The van der Waals surface area contributed by atoms with E-state index in [1.54, 1.807) is 12.1 Å². The van der Waals surface area contributed by atoms with Crippen molar-refractivity contribution in [2.45, 2.75) is 34.2 Å². The van der Waals surface area contributed by atoms with Crippen LogP contribution in [0.2, 0.25) is 0 Å². The number of rotatable bonds is 5. The van der Waals surface area contributed by atoms with Crippen LogP contribution in [0.5, 0.6) is 5.75 Å². The Labute approximate surface area is 144 Å². The van der Waals surface area contributed by atoms with Crippen molar-refractivity contribution >= 4 is 21.8 Å². The number of nitrogens with zero attached hydrogens (tertiary/aromatic N) is 2. The van der Waals surface area contributed by atoms with Gasteiger partial charge in [0, 0.05) is 18.8 Å². The molecule has 0 fully saturated rings. The van der Waals surface area contributed by atoms with Gasteiger partial charge >= 0.3 is 0 Å². The summed E-state index contributed by atoms with van der Waals surface area (Å²) in [4.78, 5) is 12.3. The van der Waals surface area contributed by atoms with E-state index in [2.05, 4.69) is 33.3 Å². The Balaban J connectivity index is 1.98. The third kappa shape index (κ3) is 4.34. The standard InChI is InChI=1S/C17H22BrN3O2/c1-10-5-14(16(22)15(18)6-10)17(23)19-8-11(2)9-21-13(4)7-12(3)20-21/h5-7,11,22H,8-9H2,1-4H3,(H,19,23)/t11-/m0/s1. The van der Waals surface area contributed by atoms with Gasteiger partial charge in [0.2, 0.25) is 0 Å². The lowest BCUT2D eigenvalue weighted by molar-refractivity contribution is 0.0943. The molecule has 1 aromatic carbocycles. The second-order valence-electron chi connectivity index (χ2n) is 6.07. The first-order chi connectivity index (χ1) is 10.8. The number of phenols is 1. The average Bonchev–Trinajstić information content (AvgIpc) is 2.78. The summed E-state index contributed by atoms with van der Waals surface area (Å²) in [5.74, 6) is -0.0706. The van der Waals surface area contributed by atoms with Gasteiger partial charge in [-0.3, -0.25) is 9.48 Å². The molecule has 2 rings (SSSR count). The molecule has 2 N–H and O–H groups in total. The third-order valence-corrected chi connectivity index (χ3v) is 4.26. The number of benzene rings is 1. The van der Waals surface area contributed by atoms with Gasteiger partial charge in [-0.2, -0.15) is 5.10 Å². The minimum absolute atomic E-state index is 0.0284. The van der Waals surface area contributed by atoms with Crippen LogP contribution in [0.4, 0.5) is 0 Å². The Kier molecular flexibility index (Phi) is 5.46. The van der Waals surface area contributed by atoms with Crippen LogP contribution in [0.1, 0.15) is 34.2 Å². The first kappa shape index (κ1) is 17.5. The van der Waals surface area contributed by atoms with Crippen LogP contribution in [-0.2, 0) is 6.54 Å². The Hall–Kier alpha value is -1.82. The molecule has 1 heterocycles. The number of hydrogen-bond acceptors (Lipinski definition) is 3. The van der Waals surface area contributed by atoms with Crippen molar-refractivity contribution in [2.75, 3.05) is 6.54 Å². The van der Waals surface area contributed by atoms with Crippen molar-refractivity contribution in [3.05, 3.63) is 45.2 Å². The SMILES string of the molecule is Cc1cc(Br)c(O)c(C(=O)NC[C@H](C)Cn2nc(C)cc2C)c1. The number of nitrogens with one attached hydrogen (secondary N) is 1. The average molecular weight is 380 g/mol. The molecular weight excluding hydrogens is 358 g/mol. The largest absolute Gasteiger partial charge is 0.506 e. The molecule has 0 radical (unpaired) electrons. The predicted molar refractivity (Wildman–Crippen MR) is 93.7 cm³/mol.